The molecular weight excluding hydrogens is 369 g/mol. The lowest BCUT2D eigenvalue weighted by atomic mass is 9.78. The van der Waals surface area contributed by atoms with Gasteiger partial charge in [-0.3, -0.25) is 0 Å². The fraction of sp³-hybridized carbons (Fsp3) is 0.294. The van der Waals surface area contributed by atoms with Crippen LogP contribution in [0.15, 0.2) is 35.1 Å². The molecule has 1 aromatic rings. The van der Waals surface area contributed by atoms with E-state index < -0.39 is 30.0 Å². The van der Waals surface area contributed by atoms with E-state index in [9.17, 15) is 19.8 Å². The van der Waals surface area contributed by atoms with Crippen LogP contribution < -0.4 is 5.32 Å². The molecule has 1 aromatic carbocycles. The molecule has 1 aliphatic carbocycles. The van der Waals surface area contributed by atoms with Gasteiger partial charge < -0.3 is 20.3 Å². The molecule has 0 aromatic heterocycles. The second-order valence-corrected chi connectivity index (χ2v) is 7.07. The molecule has 130 valence electrons. The van der Waals surface area contributed by atoms with E-state index in [0.717, 1.165) is 0 Å². The first-order chi connectivity index (χ1) is 11.9. The lowest BCUT2D eigenvalue weighted by Crippen LogP contribution is -2.47. The Balaban J connectivity index is 1.90. The molecule has 0 spiro atoms. The lowest BCUT2D eigenvalue weighted by molar-refractivity contribution is -0.140. The highest BCUT2D eigenvalue weighted by molar-refractivity contribution is 6.35. The summed E-state index contributed by atoms with van der Waals surface area (Å²) in [5.74, 6) is -1.86. The van der Waals surface area contributed by atoms with E-state index in [-0.39, 0.29) is 5.57 Å². The first-order valence-electron chi connectivity index (χ1n) is 7.68. The standard InChI is InChI=1S/C17H13Cl2NO5/c18-7-4-9(19)13-10(5-7)20-14(17(23)24)15-12(13)8-3-6(16(21)22)1-2-11(8)25-15/h3-5,12,14-15,20H,1-2H2,(H,21,22)(H,23,24). The number of halogens is 2. The van der Waals surface area contributed by atoms with E-state index >= 15 is 0 Å². The molecule has 3 atom stereocenters. The van der Waals surface area contributed by atoms with Gasteiger partial charge in [-0.15, -0.1) is 0 Å². The number of carboxylic acid groups (broad SMARTS) is 2. The van der Waals surface area contributed by atoms with Gasteiger partial charge in [0, 0.05) is 38.9 Å². The van der Waals surface area contributed by atoms with Crippen molar-refractivity contribution in [1.82, 2.24) is 0 Å². The summed E-state index contributed by atoms with van der Waals surface area (Å²) in [4.78, 5) is 23.1. The summed E-state index contributed by atoms with van der Waals surface area (Å²) in [7, 11) is 0. The van der Waals surface area contributed by atoms with Crippen molar-refractivity contribution in [3.05, 3.63) is 50.7 Å². The van der Waals surface area contributed by atoms with Crippen LogP contribution in [0.3, 0.4) is 0 Å². The third-order valence-electron chi connectivity index (χ3n) is 4.80. The van der Waals surface area contributed by atoms with Crippen LogP contribution in [0.25, 0.3) is 0 Å². The molecule has 0 fully saturated rings. The average Bonchev–Trinajstić information content (AvgIpc) is 2.91. The fourth-order valence-electron chi connectivity index (χ4n) is 3.75. The zero-order valence-electron chi connectivity index (χ0n) is 12.8. The van der Waals surface area contributed by atoms with Crippen molar-refractivity contribution < 1.29 is 24.5 Å². The molecular formula is C17H13Cl2NO5. The molecule has 3 aliphatic rings. The number of ether oxygens (including phenoxy) is 1. The topological polar surface area (TPSA) is 95.9 Å². The fourth-order valence-corrected chi connectivity index (χ4v) is 4.36. The van der Waals surface area contributed by atoms with Gasteiger partial charge in [0.25, 0.3) is 0 Å². The highest BCUT2D eigenvalue weighted by Gasteiger charge is 2.50. The minimum Gasteiger partial charge on any atom is -0.491 e. The first kappa shape index (κ1) is 16.3. The van der Waals surface area contributed by atoms with E-state index in [2.05, 4.69) is 5.32 Å². The number of allylic oxidation sites excluding steroid dienone is 2. The molecule has 0 amide bonds. The quantitative estimate of drug-likeness (QED) is 0.726. The molecule has 0 saturated heterocycles. The molecule has 0 saturated carbocycles. The summed E-state index contributed by atoms with van der Waals surface area (Å²) in [5, 5.41) is 22.6. The summed E-state index contributed by atoms with van der Waals surface area (Å²) in [6, 6.07) is 2.22. The minimum atomic E-state index is -1.06. The van der Waals surface area contributed by atoms with Crippen molar-refractivity contribution in [2.75, 3.05) is 5.32 Å². The minimum absolute atomic E-state index is 0.278. The first-order valence-corrected chi connectivity index (χ1v) is 8.44. The molecule has 25 heavy (non-hydrogen) atoms. The van der Waals surface area contributed by atoms with Crippen molar-refractivity contribution in [2.24, 2.45) is 0 Å². The Morgan fingerprint density at radius 1 is 1.20 bits per heavy atom. The third kappa shape index (κ3) is 2.48. The highest BCUT2D eigenvalue weighted by Crippen LogP contribution is 2.52. The Hall–Kier alpha value is -2.18. The summed E-state index contributed by atoms with van der Waals surface area (Å²) in [5.41, 5.74) is 2.17. The van der Waals surface area contributed by atoms with Gasteiger partial charge >= 0.3 is 11.9 Å². The Kier molecular flexibility index (Phi) is 3.70. The van der Waals surface area contributed by atoms with E-state index in [1.165, 1.54) is 0 Å². The average molecular weight is 382 g/mol. The number of nitrogens with one attached hydrogen (secondary N) is 1. The highest BCUT2D eigenvalue weighted by atomic mass is 35.5. The molecule has 0 radical (unpaired) electrons. The number of rotatable bonds is 2. The van der Waals surface area contributed by atoms with Gasteiger partial charge in [-0.25, -0.2) is 9.59 Å². The number of carboxylic acids is 2. The van der Waals surface area contributed by atoms with E-state index in [4.69, 9.17) is 27.9 Å². The summed E-state index contributed by atoms with van der Waals surface area (Å²) in [6.45, 7) is 0. The van der Waals surface area contributed by atoms with E-state index in [1.807, 2.05) is 0 Å². The number of fused-ring (bicyclic) bond motifs is 4. The van der Waals surface area contributed by atoms with Crippen molar-refractivity contribution in [1.29, 1.82) is 0 Å². The zero-order valence-corrected chi connectivity index (χ0v) is 14.3. The molecule has 0 bridgehead atoms. The van der Waals surface area contributed by atoms with Crippen LogP contribution in [0.5, 0.6) is 0 Å². The normalized spacial score (nSPS) is 26.6. The van der Waals surface area contributed by atoms with E-state index in [0.29, 0.717) is 45.5 Å². The van der Waals surface area contributed by atoms with E-state index in [1.54, 1.807) is 18.2 Å². The maximum Gasteiger partial charge on any atom is 0.331 e. The predicted molar refractivity (Wildman–Crippen MR) is 91.1 cm³/mol. The number of benzene rings is 1. The van der Waals surface area contributed by atoms with Gasteiger partial charge in [0.1, 0.15) is 11.9 Å². The molecule has 3 N–H and O–H groups in total. The number of carbonyl (C=O) groups is 2. The van der Waals surface area contributed by atoms with Gasteiger partial charge in [-0.2, -0.15) is 0 Å². The molecule has 4 rings (SSSR count). The van der Waals surface area contributed by atoms with Gasteiger partial charge in [-0.05, 0) is 24.6 Å². The lowest BCUT2D eigenvalue weighted by Gasteiger charge is -2.35. The second kappa shape index (κ2) is 5.68. The Morgan fingerprint density at radius 3 is 2.64 bits per heavy atom. The Bertz CT molecular complexity index is 876. The predicted octanol–water partition coefficient (Wildman–Crippen LogP) is 3.41. The zero-order chi connectivity index (χ0) is 17.9. The summed E-state index contributed by atoms with van der Waals surface area (Å²) < 4.78 is 5.92. The van der Waals surface area contributed by atoms with Crippen molar-refractivity contribution >= 4 is 40.8 Å². The molecule has 3 unspecified atom stereocenters. The maximum absolute atomic E-state index is 11.7. The van der Waals surface area contributed by atoms with Crippen LogP contribution in [0.2, 0.25) is 10.0 Å². The molecule has 6 nitrogen and oxygen atoms in total. The van der Waals surface area contributed by atoms with Gasteiger partial charge in [0.2, 0.25) is 0 Å². The van der Waals surface area contributed by atoms with Crippen molar-refractivity contribution in [3.63, 3.8) is 0 Å². The van der Waals surface area contributed by atoms with Crippen LogP contribution in [0.1, 0.15) is 24.3 Å². The van der Waals surface area contributed by atoms with Gasteiger partial charge in [0.15, 0.2) is 6.04 Å². The van der Waals surface area contributed by atoms with Crippen LogP contribution in [0, 0.1) is 0 Å². The van der Waals surface area contributed by atoms with Gasteiger partial charge in [0.05, 0.1) is 5.92 Å². The summed E-state index contributed by atoms with van der Waals surface area (Å²) in [6.07, 6.45) is 1.66. The molecule has 2 aliphatic heterocycles. The number of hydrogen-bond acceptors (Lipinski definition) is 4. The monoisotopic (exact) mass is 381 g/mol. The van der Waals surface area contributed by atoms with Crippen molar-refractivity contribution in [2.45, 2.75) is 30.9 Å². The van der Waals surface area contributed by atoms with Crippen molar-refractivity contribution in [3.8, 4) is 0 Å². The SMILES string of the molecule is O=C(O)C1=CC2=C(CC1)OC1C(C(=O)O)Nc3cc(Cl)cc(Cl)c3C21. The summed E-state index contributed by atoms with van der Waals surface area (Å²) >= 11 is 12.4. The molecule has 2 heterocycles. The van der Waals surface area contributed by atoms with Crippen LogP contribution >= 0.6 is 23.2 Å². The van der Waals surface area contributed by atoms with Crippen LogP contribution in [-0.2, 0) is 14.3 Å². The second-order valence-electron chi connectivity index (χ2n) is 6.22. The number of aliphatic carboxylic acids is 2. The van der Waals surface area contributed by atoms with Crippen LogP contribution in [-0.4, -0.2) is 34.3 Å². The maximum atomic E-state index is 11.7. The number of hydrogen-bond donors (Lipinski definition) is 3. The Morgan fingerprint density at radius 2 is 1.96 bits per heavy atom. The third-order valence-corrected chi connectivity index (χ3v) is 5.33. The Labute approximate surface area is 152 Å². The smallest absolute Gasteiger partial charge is 0.331 e. The largest absolute Gasteiger partial charge is 0.491 e. The molecule has 8 heteroatoms. The van der Waals surface area contributed by atoms with Gasteiger partial charge in [-0.1, -0.05) is 23.2 Å². The number of anilines is 1. The van der Waals surface area contributed by atoms with Crippen LogP contribution in [0.4, 0.5) is 5.69 Å².